The minimum absolute atomic E-state index is 0.00591. The monoisotopic (exact) mass is 433 g/mol. The Hall–Kier alpha value is -3.31. The molecule has 0 spiro atoms. The van der Waals surface area contributed by atoms with Crippen LogP contribution in [0.2, 0.25) is 5.15 Å². The Morgan fingerprint density at radius 1 is 1.23 bits per heavy atom. The third kappa shape index (κ3) is 2.77. The lowest BCUT2D eigenvalue weighted by Crippen LogP contribution is -2.47. The summed E-state index contributed by atoms with van der Waals surface area (Å²) in [5, 5.41) is -0.0518. The second-order valence-electron chi connectivity index (χ2n) is 6.83. The van der Waals surface area contributed by atoms with Crippen molar-refractivity contribution in [3.8, 4) is 0 Å². The molecule has 154 valence electrons. The second kappa shape index (κ2) is 6.61. The molecule has 5 rings (SSSR count). The van der Waals surface area contributed by atoms with E-state index in [2.05, 4.69) is 15.0 Å². The van der Waals surface area contributed by atoms with Crippen LogP contribution >= 0.6 is 11.6 Å². The highest BCUT2D eigenvalue weighted by Gasteiger charge is 2.56. The Kier molecular flexibility index (Phi) is 4.12. The lowest BCUT2D eigenvalue weighted by Gasteiger charge is -2.29. The van der Waals surface area contributed by atoms with Gasteiger partial charge in [-0.3, -0.25) is 4.57 Å². The zero-order valence-electron chi connectivity index (χ0n) is 15.1. The number of hydrogen-bond acceptors (Lipinski definition) is 9. The molecule has 2 aromatic heterocycles. The summed E-state index contributed by atoms with van der Waals surface area (Å²) in [4.78, 5) is 36.8. The number of fused-ring (bicyclic) bond motifs is 4. The molecule has 2 N–H and O–H groups in total. The summed E-state index contributed by atoms with van der Waals surface area (Å²) in [6.45, 7) is -0.838. The highest BCUT2D eigenvalue weighted by atomic mass is 35.5. The van der Waals surface area contributed by atoms with E-state index in [9.17, 15) is 9.59 Å². The average Bonchev–Trinajstić information content (AvgIpc) is 3.28. The SMILES string of the molecule is Nc1nc(Cl)c2ncn([C@@]3(F)CO[C@@H]4COC(=O)c5cccc(c5)C(=O)O[C@H]43)c2n1. The summed E-state index contributed by atoms with van der Waals surface area (Å²) in [6, 6.07) is 5.77. The largest absolute Gasteiger partial charge is 0.459 e. The predicted octanol–water partition coefficient (Wildman–Crippen LogP) is 1.48. The number of rotatable bonds is 1. The first-order chi connectivity index (χ1) is 14.4. The number of nitrogens with zero attached hydrogens (tertiary/aromatic N) is 4. The number of cyclic esters (lactones) is 1. The van der Waals surface area contributed by atoms with Crippen molar-refractivity contribution < 1.29 is 28.2 Å². The number of alkyl halides is 1. The Bertz CT molecular complexity index is 1200. The van der Waals surface area contributed by atoms with E-state index >= 15 is 4.39 Å². The number of imidazole rings is 1. The highest BCUT2D eigenvalue weighted by molar-refractivity contribution is 6.33. The lowest BCUT2D eigenvalue weighted by molar-refractivity contribution is -0.0671. The third-order valence-electron chi connectivity index (χ3n) is 4.99. The molecular formula is C18H13ClFN5O5. The molecule has 4 heterocycles. The van der Waals surface area contributed by atoms with Gasteiger partial charge in [-0.25, -0.2) is 19.0 Å². The normalized spacial score (nSPS) is 26.2. The van der Waals surface area contributed by atoms with E-state index in [1.54, 1.807) is 0 Å². The van der Waals surface area contributed by atoms with Gasteiger partial charge in [0.2, 0.25) is 5.95 Å². The van der Waals surface area contributed by atoms with Gasteiger partial charge in [0.15, 0.2) is 16.9 Å². The van der Waals surface area contributed by atoms with Crippen LogP contribution in [0.25, 0.3) is 11.2 Å². The van der Waals surface area contributed by atoms with Crippen molar-refractivity contribution in [2.75, 3.05) is 18.9 Å². The molecule has 30 heavy (non-hydrogen) atoms. The van der Waals surface area contributed by atoms with Crippen molar-refractivity contribution in [1.29, 1.82) is 0 Å². The van der Waals surface area contributed by atoms with Gasteiger partial charge in [-0.1, -0.05) is 17.7 Å². The molecule has 10 nitrogen and oxygen atoms in total. The first kappa shape index (κ1) is 18.7. The molecule has 0 aliphatic carbocycles. The third-order valence-corrected chi connectivity index (χ3v) is 5.26. The van der Waals surface area contributed by atoms with E-state index in [1.165, 1.54) is 24.3 Å². The second-order valence-corrected chi connectivity index (χ2v) is 7.19. The first-order valence-electron chi connectivity index (χ1n) is 8.82. The number of benzene rings is 1. The number of hydrogen-bond donors (Lipinski definition) is 1. The molecule has 1 saturated heterocycles. The fraction of sp³-hybridized carbons (Fsp3) is 0.278. The van der Waals surface area contributed by atoms with Gasteiger partial charge >= 0.3 is 11.9 Å². The van der Waals surface area contributed by atoms with Crippen LogP contribution in [0.3, 0.4) is 0 Å². The number of carbonyl (C=O) groups is 2. The molecule has 0 radical (unpaired) electrons. The summed E-state index contributed by atoms with van der Waals surface area (Å²) in [5.74, 6) is -4.07. The number of nitrogen functional groups attached to an aromatic ring is 1. The van der Waals surface area contributed by atoms with Crippen LogP contribution in [0.4, 0.5) is 10.3 Å². The van der Waals surface area contributed by atoms with Crippen molar-refractivity contribution in [1.82, 2.24) is 19.5 Å². The van der Waals surface area contributed by atoms with Crippen LogP contribution in [-0.4, -0.2) is 56.9 Å². The number of aromatic nitrogens is 4. The van der Waals surface area contributed by atoms with Crippen LogP contribution in [-0.2, 0) is 20.0 Å². The van der Waals surface area contributed by atoms with E-state index in [1.807, 2.05) is 0 Å². The fourth-order valence-electron chi connectivity index (χ4n) is 3.54. The maximum Gasteiger partial charge on any atom is 0.338 e. The molecule has 1 aromatic carbocycles. The van der Waals surface area contributed by atoms with Crippen LogP contribution < -0.4 is 5.73 Å². The minimum atomic E-state index is -2.41. The van der Waals surface area contributed by atoms with E-state index < -0.39 is 36.5 Å². The maximum absolute atomic E-state index is 16.3. The van der Waals surface area contributed by atoms with Crippen molar-refractivity contribution in [2.45, 2.75) is 18.0 Å². The molecule has 3 atom stereocenters. The molecular weight excluding hydrogens is 421 g/mol. The zero-order valence-corrected chi connectivity index (χ0v) is 15.9. The predicted molar refractivity (Wildman–Crippen MR) is 99.5 cm³/mol. The van der Waals surface area contributed by atoms with E-state index in [0.717, 1.165) is 10.9 Å². The van der Waals surface area contributed by atoms with Gasteiger partial charge in [-0.2, -0.15) is 9.97 Å². The van der Waals surface area contributed by atoms with Crippen LogP contribution in [0.15, 0.2) is 30.6 Å². The van der Waals surface area contributed by atoms with Gasteiger partial charge in [0, 0.05) is 0 Å². The minimum Gasteiger partial charge on any atom is -0.459 e. The van der Waals surface area contributed by atoms with Gasteiger partial charge in [0.05, 0.1) is 17.5 Å². The molecule has 12 heteroatoms. The quantitative estimate of drug-likeness (QED) is 0.447. The molecule has 0 saturated carbocycles. The number of ether oxygens (including phenoxy) is 3. The first-order valence-corrected chi connectivity index (χ1v) is 9.20. The Morgan fingerprint density at radius 2 is 2.00 bits per heavy atom. The van der Waals surface area contributed by atoms with Crippen LogP contribution in [0, 0.1) is 0 Å². The summed E-state index contributed by atoms with van der Waals surface area (Å²) in [7, 11) is 0. The number of halogens is 2. The fourth-order valence-corrected chi connectivity index (χ4v) is 3.76. The number of anilines is 1. The Balaban J connectivity index is 1.60. The maximum atomic E-state index is 16.3. The Morgan fingerprint density at radius 3 is 2.80 bits per heavy atom. The number of esters is 2. The van der Waals surface area contributed by atoms with Crippen LogP contribution in [0.1, 0.15) is 20.7 Å². The number of carbonyl (C=O) groups excluding carboxylic acids is 2. The topological polar surface area (TPSA) is 131 Å². The average molecular weight is 434 g/mol. The molecule has 3 aromatic rings. The van der Waals surface area contributed by atoms with E-state index in [0.29, 0.717) is 0 Å². The van der Waals surface area contributed by atoms with E-state index in [-0.39, 0.29) is 40.0 Å². The van der Waals surface area contributed by atoms with Gasteiger partial charge in [-0.05, 0) is 18.2 Å². The highest BCUT2D eigenvalue weighted by Crippen LogP contribution is 2.39. The number of nitrogens with two attached hydrogens (primary N) is 1. The lowest BCUT2D eigenvalue weighted by atomic mass is 10.1. The van der Waals surface area contributed by atoms with Gasteiger partial charge in [-0.15, -0.1) is 0 Å². The van der Waals surface area contributed by atoms with E-state index in [4.69, 9.17) is 31.5 Å². The molecule has 1 fully saturated rings. The molecule has 0 amide bonds. The van der Waals surface area contributed by atoms with Crippen molar-refractivity contribution in [3.63, 3.8) is 0 Å². The van der Waals surface area contributed by atoms with Crippen molar-refractivity contribution in [3.05, 3.63) is 46.9 Å². The summed E-state index contributed by atoms with van der Waals surface area (Å²) >= 11 is 6.03. The summed E-state index contributed by atoms with van der Waals surface area (Å²) in [6.07, 6.45) is -1.37. The van der Waals surface area contributed by atoms with Gasteiger partial charge in [0.1, 0.15) is 24.8 Å². The molecule has 2 aliphatic rings. The zero-order chi connectivity index (χ0) is 21.0. The van der Waals surface area contributed by atoms with Crippen molar-refractivity contribution in [2.24, 2.45) is 0 Å². The van der Waals surface area contributed by atoms with Gasteiger partial charge in [0.25, 0.3) is 5.79 Å². The smallest absolute Gasteiger partial charge is 0.338 e. The summed E-state index contributed by atoms with van der Waals surface area (Å²) < 4.78 is 33.6. The standard InChI is InChI=1S/C18H13ClFN5O5/c19-13-11-14(24-17(21)23-13)25(7-22-11)18(20)6-29-10-5-28-15(26)8-2-1-3-9(4-8)16(27)30-12(10)18/h1-4,7,10,12H,5-6H2,(H2,21,23,24)/t10-,12-,18+/m1/s1. The van der Waals surface area contributed by atoms with Gasteiger partial charge < -0.3 is 19.9 Å². The van der Waals surface area contributed by atoms with Crippen LogP contribution in [0.5, 0.6) is 0 Å². The molecule has 0 unspecified atom stereocenters. The summed E-state index contributed by atoms with van der Waals surface area (Å²) in [5.41, 5.74) is 6.02. The molecule has 2 bridgehead atoms. The molecule has 2 aliphatic heterocycles. The Labute approximate surface area is 172 Å². The van der Waals surface area contributed by atoms with Crippen molar-refractivity contribution >= 4 is 40.7 Å².